The van der Waals surface area contributed by atoms with Crippen molar-refractivity contribution < 1.29 is 0 Å². The standard InChI is InChI=1S/C12H10ClNS/c1-9-7-11(13)12(14-8-9)15-10-5-3-2-4-6-10/h2-8H,1H3. The number of hydrogen-bond donors (Lipinski definition) is 0. The first-order valence-electron chi connectivity index (χ1n) is 4.61. The van der Waals surface area contributed by atoms with Crippen molar-refractivity contribution in [1.29, 1.82) is 0 Å². The Morgan fingerprint density at radius 2 is 1.93 bits per heavy atom. The van der Waals surface area contributed by atoms with E-state index in [1.807, 2.05) is 49.5 Å². The molecule has 1 aromatic carbocycles. The van der Waals surface area contributed by atoms with Gasteiger partial charge in [0.15, 0.2) is 0 Å². The molecule has 0 fully saturated rings. The van der Waals surface area contributed by atoms with E-state index in [9.17, 15) is 0 Å². The minimum Gasteiger partial charge on any atom is -0.248 e. The van der Waals surface area contributed by atoms with Crippen molar-refractivity contribution in [1.82, 2.24) is 4.98 Å². The highest BCUT2D eigenvalue weighted by molar-refractivity contribution is 7.99. The van der Waals surface area contributed by atoms with Crippen LogP contribution in [0.25, 0.3) is 0 Å². The molecule has 0 saturated heterocycles. The second kappa shape index (κ2) is 4.69. The van der Waals surface area contributed by atoms with E-state index in [2.05, 4.69) is 4.98 Å². The van der Waals surface area contributed by atoms with Gasteiger partial charge in [0.1, 0.15) is 5.03 Å². The fourth-order valence-corrected chi connectivity index (χ4v) is 2.31. The van der Waals surface area contributed by atoms with E-state index >= 15 is 0 Å². The van der Waals surface area contributed by atoms with E-state index in [1.54, 1.807) is 11.8 Å². The molecule has 3 heteroatoms. The van der Waals surface area contributed by atoms with Crippen LogP contribution in [0.15, 0.2) is 52.5 Å². The summed E-state index contributed by atoms with van der Waals surface area (Å²) in [4.78, 5) is 5.45. The van der Waals surface area contributed by atoms with E-state index < -0.39 is 0 Å². The Morgan fingerprint density at radius 1 is 1.20 bits per heavy atom. The Balaban J connectivity index is 2.25. The number of hydrogen-bond acceptors (Lipinski definition) is 2. The second-order valence-corrected chi connectivity index (χ2v) is 4.68. The summed E-state index contributed by atoms with van der Waals surface area (Å²) in [5, 5.41) is 1.57. The van der Waals surface area contributed by atoms with Gasteiger partial charge in [-0.15, -0.1) is 0 Å². The van der Waals surface area contributed by atoms with Gasteiger partial charge in [-0.1, -0.05) is 41.6 Å². The fraction of sp³-hybridized carbons (Fsp3) is 0.0833. The van der Waals surface area contributed by atoms with Gasteiger partial charge in [0.05, 0.1) is 5.02 Å². The molecule has 1 nitrogen and oxygen atoms in total. The highest BCUT2D eigenvalue weighted by Gasteiger charge is 2.03. The van der Waals surface area contributed by atoms with Gasteiger partial charge in [0, 0.05) is 11.1 Å². The van der Waals surface area contributed by atoms with E-state index in [0.29, 0.717) is 5.02 Å². The van der Waals surface area contributed by atoms with E-state index in [1.165, 1.54) is 0 Å². The lowest BCUT2D eigenvalue weighted by atomic mass is 10.3. The highest BCUT2D eigenvalue weighted by Crippen LogP contribution is 2.31. The monoisotopic (exact) mass is 235 g/mol. The van der Waals surface area contributed by atoms with Crippen LogP contribution in [0, 0.1) is 6.92 Å². The van der Waals surface area contributed by atoms with Crippen molar-refractivity contribution >= 4 is 23.4 Å². The van der Waals surface area contributed by atoms with Gasteiger partial charge in [-0.3, -0.25) is 0 Å². The van der Waals surface area contributed by atoms with E-state index in [-0.39, 0.29) is 0 Å². The molecule has 2 aromatic rings. The van der Waals surface area contributed by atoms with Gasteiger partial charge in [0.2, 0.25) is 0 Å². The Bertz CT molecular complexity index is 456. The van der Waals surface area contributed by atoms with Crippen LogP contribution < -0.4 is 0 Å². The van der Waals surface area contributed by atoms with Crippen LogP contribution in [0.3, 0.4) is 0 Å². The summed E-state index contributed by atoms with van der Waals surface area (Å²) in [6, 6.07) is 12.0. The van der Waals surface area contributed by atoms with Crippen molar-refractivity contribution in [3.8, 4) is 0 Å². The summed E-state index contributed by atoms with van der Waals surface area (Å²) in [6.45, 7) is 1.98. The summed E-state index contributed by atoms with van der Waals surface area (Å²) in [7, 11) is 0. The van der Waals surface area contributed by atoms with Gasteiger partial charge < -0.3 is 0 Å². The normalized spacial score (nSPS) is 10.3. The second-order valence-electron chi connectivity index (χ2n) is 3.21. The third-order valence-electron chi connectivity index (χ3n) is 1.90. The van der Waals surface area contributed by atoms with Crippen LogP contribution in [0.5, 0.6) is 0 Å². The number of halogens is 1. The van der Waals surface area contributed by atoms with Crippen molar-refractivity contribution in [2.24, 2.45) is 0 Å². The molecule has 0 aliphatic carbocycles. The zero-order chi connectivity index (χ0) is 10.7. The first kappa shape index (κ1) is 10.5. The number of aryl methyl sites for hydroxylation is 1. The van der Waals surface area contributed by atoms with Crippen LogP contribution in [0.1, 0.15) is 5.56 Å². The third-order valence-corrected chi connectivity index (χ3v) is 3.33. The van der Waals surface area contributed by atoms with Crippen LogP contribution in [0.4, 0.5) is 0 Å². The maximum atomic E-state index is 6.10. The lowest BCUT2D eigenvalue weighted by Gasteiger charge is -2.03. The lowest BCUT2D eigenvalue weighted by molar-refractivity contribution is 1.11. The molecule has 0 atom stereocenters. The average Bonchev–Trinajstić information content (AvgIpc) is 2.24. The number of nitrogens with zero attached hydrogens (tertiary/aromatic N) is 1. The van der Waals surface area contributed by atoms with Crippen molar-refractivity contribution in [2.45, 2.75) is 16.8 Å². The first-order chi connectivity index (χ1) is 7.25. The number of pyridine rings is 1. The Morgan fingerprint density at radius 3 is 2.60 bits per heavy atom. The van der Waals surface area contributed by atoms with Crippen LogP contribution in [0.2, 0.25) is 5.02 Å². The minimum atomic E-state index is 0.712. The quantitative estimate of drug-likeness (QED) is 0.774. The molecule has 1 heterocycles. The summed E-state index contributed by atoms with van der Waals surface area (Å²) in [5.74, 6) is 0. The summed E-state index contributed by atoms with van der Waals surface area (Å²) in [5.41, 5.74) is 1.08. The summed E-state index contributed by atoms with van der Waals surface area (Å²) >= 11 is 7.68. The summed E-state index contributed by atoms with van der Waals surface area (Å²) < 4.78 is 0. The van der Waals surface area contributed by atoms with Crippen molar-refractivity contribution in [3.05, 3.63) is 53.2 Å². The molecule has 0 bridgehead atoms. The third kappa shape index (κ3) is 2.74. The van der Waals surface area contributed by atoms with Gasteiger partial charge in [-0.05, 0) is 30.7 Å². The summed E-state index contributed by atoms with van der Waals surface area (Å²) in [6.07, 6.45) is 1.83. The fourth-order valence-electron chi connectivity index (χ4n) is 1.20. The molecule has 0 amide bonds. The Kier molecular flexibility index (Phi) is 3.29. The molecule has 0 aliphatic heterocycles. The predicted octanol–water partition coefficient (Wildman–Crippen LogP) is 4.19. The van der Waals surface area contributed by atoms with Gasteiger partial charge in [-0.25, -0.2) is 4.98 Å². The van der Waals surface area contributed by atoms with Crippen LogP contribution >= 0.6 is 23.4 Å². The molecule has 1 aromatic heterocycles. The van der Waals surface area contributed by atoms with Gasteiger partial charge in [-0.2, -0.15) is 0 Å². The molecular weight excluding hydrogens is 226 g/mol. The molecule has 76 valence electrons. The molecular formula is C12H10ClNS. The number of benzene rings is 1. The molecule has 15 heavy (non-hydrogen) atoms. The maximum Gasteiger partial charge on any atom is 0.119 e. The van der Waals surface area contributed by atoms with Crippen molar-refractivity contribution in [2.75, 3.05) is 0 Å². The maximum absolute atomic E-state index is 6.10. The molecule has 0 spiro atoms. The van der Waals surface area contributed by atoms with Crippen LogP contribution in [-0.2, 0) is 0 Å². The Labute approximate surface area is 98.5 Å². The lowest BCUT2D eigenvalue weighted by Crippen LogP contribution is -1.83. The molecule has 0 saturated carbocycles. The van der Waals surface area contributed by atoms with Gasteiger partial charge >= 0.3 is 0 Å². The average molecular weight is 236 g/mol. The van der Waals surface area contributed by atoms with E-state index in [4.69, 9.17) is 11.6 Å². The topological polar surface area (TPSA) is 12.9 Å². The molecule has 0 unspecified atom stereocenters. The smallest absolute Gasteiger partial charge is 0.119 e. The molecule has 2 rings (SSSR count). The minimum absolute atomic E-state index is 0.712. The van der Waals surface area contributed by atoms with E-state index in [0.717, 1.165) is 15.5 Å². The zero-order valence-electron chi connectivity index (χ0n) is 8.27. The first-order valence-corrected chi connectivity index (χ1v) is 5.80. The SMILES string of the molecule is Cc1cnc(Sc2ccccc2)c(Cl)c1. The Hall–Kier alpha value is -0.990. The highest BCUT2D eigenvalue weighted by atomic mass is 35.5. The molecule has 0 radical (unpaired) electrons. The predicted molar refractivity (Wildman–Crippen MR) is 64.5 cm³/mol. The molecule has 0 aliphatic rings. The molecule has 0 N–H and O–H groups in total. The van der Waals surface area contributed by atoms with Crippen molar-refractivity contribution in [3.63, 3.8) is 0 Å². The van der Waals surface area contributed by atoms with Crippen LogP contribution in [-0.4, -0.2) is 4.98 Å². The largest absolute Gasteiger partial charge is 0.248 e. The number of aromatic nitrogens is 1. The van der Waals surface area contributed by atoms with Gasteiger partial charge in [0.25, 0.3) is 0 Å². The zero-order valence-corrected chi connectivity index (χ0v) is 9.85. The number of rotatable bonds is 2.